The number of amides is 1. The van der Waals surface area contributed by atoms with Gasteiger partial charge in [-0.05, 0) is 55.6 Å². The van der Waals surface area contributed by atoms with Gasteiger partial charge in [0.2, 0.25) is 5.91 Å². The highest BCUT2D eigenvalue weighted by atomic mass is 16.2. The number of rotatable bonds is 7. The van der Waals surface area contributed by atoms with Crippen LogP contribution in [0, 0.1) is 6.92 Å². The topological polar surface area (TPSA) is 47.6 Å². The van der Waals surface area contributed by atoms with E-state index in [-0.39, 0.29) is 11.9 Å². The minimum absolute atomic E-state index is 0.0520. The first kappa shape index (κ1) is 19.8. The molecule has 5 nitrogen and oxygen atoms in total. The highest BCUT2D eigenvalue weighted by Gasteiger charge is 2.28. The fourth-order valence-corrected chi connectivity index (χ4v) is 4.03. The summed E-state index contributed by atoms with van der Waals surface area (Å²) in [5.41, 5.74) is 4.51. The van der Waals surface area contributed by atoms with Crippen molar-refractivity contribution in [2.24, 2.45) is 0 Å². The molecule has 2 aromatic carbocycles. The van der Waals surface area contributed by atoms with Crippen LogP contribution in [0.15, 0.2) is 48.5 Å². The van der Waals surface area contributed by atoms with Gasteiger partial charge in [0.1, 0.15) is 6.04 Å². The van der Waals surface area contributed by atoms with E-state index in [1.807, 2.05) is 30.3 Å². The Morgan fingerprint density at radius 2 is 1.79 bits per heavy atom. The molecule has 1 saturated carbocycles. The molecule has 1 amide bonds. The van der Waals surface area contributed by atoms with Crippen molar-refractivity contribution in [1.29, 1.82) is 0 Å². The molecule has 1 atom stereocenters. The quantitative estimate of drug-likeness (QED) is 0.756. The second kappa shape index (κ2) is 8.87. The molecule has 1 unspecified atom stereocenters. The number of anilines is 2. The van der Waals surface area contributed by atoms with Crippen molar-refractivity contribution in [3.05, 3.63) is 59.7 Å². The summed E-state index contributed by atoms with van der Waals surface area (Å²) < 4.78 is 0. The predicted molar refractivity (Wildman–Crippen MR) is 119 cm³/mol. The smallest absolute Gasteiger partial charge is 0.247 e. The number of hydrogen-bond donors (Lipinski definition) is 2. The van der Waals surface area contributed by atoms with Crippen molar-refractivity contribution in [3.8, 4) is 0 Å². The number of aryl methyl sites for hydroxylation is 1. The first-order valence-electron chi connectivity index (χ1n) is 10.8. The second-order valence-corrected chi connectivity index (χ2v) is 8.19. The fourth-order valence-electron chi connectivity index (χ4n) is 4.03. The van der Waals surface area contributed by atoms with E-state index in [1.54, 1.807) is 0 Å². The zero-order valence-electron chi connectivity index (χ0n) is 17.5. The maximum absolute atomic E-state index is 12.9. The van der Waals surface area contributed by atoms with Crippen molar-refractivity contribution in [3.63, 3.8) is 0 Å². The molecule has 2 aromatic rings. The van der Waals surface area contributed by atoms with Crippen molar-refractivity contribution >= 4 is 17.3 Å². The maximum Gasteiger partial charge on any atom is 0.247 e. The summed E-state index contributed by atoms with van der Waals surface area (Å²) >= 11 is 0. The Hall–Kier alpha value is -2.53. The third-order valence-corrected chi connectivity index (χ3v) is 5.99. The lowest BCUT2D eigenvalue weighted by Gasteiger charge is -2.36. The molecular weight excluding hydrogens is 360 g/mol. The summed E-state index contributed by atoms with van der Waals surface area (Å²) in [5, 5.41) is 6.62. The molecule has 154 valence electrons. The van der Waals surface area contributed by atoms with Gasteiger partial charge in [-0.2, -0.15) is 0 Å². The van der Waals surface area contributed by atoms with Gasteiger partial charge in [-0.3, -0.25) is 4.79 Å². The molecule has 0 bridgehead atoms. The van der Waals surface area contributed by atoms with Gasteiger partial charge < -0.3 is 20.4 Å². The van der Waals surface area contributed by atoms with Gasteiger partial charge in [0.25, 0.3) is 0 Å². The molecule has 1 aliphatic heterocycles. The lowest BCUT2D eigenvalue weighted by atomic mass is 10.0. The maximum atomic E-state index is 12.9. The predicted octanol–water partition coefficient (Wildman–Crippen LogP) is 3.57. The van der Waals surface area contributed by atoms with Crippen molar-refractivity contribution < 1.29 is 4.79 Å². The SMILES string of the molecule is CCN1CCN(c2ccc(NC(C(=O)NC3CC3)c3ccccc3)cc2C)CC1. The minimum atomic E-state index is -0.379. The Balaban J connectivity index is 1.49. The van der Waals surface area contributed by atoms with Crippen LogP contribution in [0.2, 0.25) is 0 Å². The molecule has 0 spiro atoms. The van der Waals surface area contributed by atoms with Gasteiger partial charge in [-0.15, -0.1) is 0 Å². The Kier molecular flexibility index (Phi) is 6.05. The molecule has 0 aromatic heterocycles. The number of hydrogen-bond acceptors (Lipinski definition) is 4. The van der Waals surface area contributed by atoms with Crippen LogP contribution in [-0.4, -0.2) is 49.6 Å². The summed E-state index contributed by atoms with van der Waals surface area (Å²) in [7, 11) is 0. The third-order valence-electron chi connectivity index (χ3n) is 5.99. The normalized spacial score (nSPS) is 18.3. The lowest BCUT2D eigenvalue weighted by Crippen LogP contribution is -2.46. The molecule has 2 N–H and O–H groups in total. The number of nitrogens with zero attached hydrogens (tertiary/aromatic N) is 2. The van der Waals surface area contributed by atoms with Crippen LogP contribution in [0.1, 0.15) is 36.9 Å². The van der Waals surface area contributed by atoms with Gasteiger partial charge in [0, 0.05) is 43.6 Å². The van der Waals surface area contributed by atoms with Crippen LogP contribution in [0.3, 0.4) is 0 Å². The fraction of sp³-hybridized carbons (Fsp3) is 0.458. The highest BCUT2D eigenvalue weighted by molar-refractivity contribution is 5.86. The molecule has 0 radical (unpaired) electrons. The summed E-state index contributed by atoms with van der Waals surface area (Å²) in [4.78, 5) is 17.8. The van der Waals surface area contributed by atoms with Gasteiger partial charge in [0.05, 0.1) is 0 Å². The van der Waals surface area contributed by atoms with Crippen LogP contribution in [0.5, 0.6) is 0 Å². The Bertz CT molecular complexity index is 826. The average molecular weight is 393 g/mol. The minimum Gasteiger partial charge on any atom is -0.370 e. The van der Waals surface area contributed by atoms with E-state index in [4.69, 9.17) is 0 Å². The standard InChI is InChI=1S/C24H32N4O/c1-3-27-13-15-28(16-14-27)22-12-11-21(17-18(22)2)25-23(19-7-5-4-6-8-19)24(29)26-20-9-10-20/h4-8,11-12,17,20,23,25H,3,9-10,13-16H2,1-2H3,(H,26,29). The van der Waals surface area contributed by atoms with E-state index in [9.17, 15) is 4.79 Å². The number of benzene rings is 2. The molecule has 1 aliphatic carbocycles. The largest absolute Gasteiger partial charge is 0.370 e. The van der Waals surface area contributed by atoms with Crippen molar-refractivity contribution in [1.82, 2.24) is 10.2 Å². The summed E-state index contributed by atoms with van der Waals surface area (Å²) in [6.07, 6.45) is 2.18. The van der Waals surface area contributed by atoms with Gasteiger partial charge >= 0.3 is 0 Å². The van der Waals surface area contributed by atoms with Crippen LogP contribution >= 0.6 is 0 Å². The highest BCUT2D eigenvalue weighted by Crippen LogP contribution is 2.28. The Morgan fingerprint density at radius 3 is 2.41 bits per heavy atom. The number of piperazine rings is 1. The number of carbonyl (C=O) groups is 1. The van der Waals surface area contributed by atoms with Crippen LogP contribution in [0.4, 0.5) is 11.4 Å². The summed E-state index contributed by atoms with van der Waals surface area (Å²) in [5.74, 6) is 0.0520. The zero-order chi connectivity index (χ0) is 20.2. The van der Waals surface area contributed by atoms with E-state index in [0.29, 0.717) is 6.04 Å². The van der Waals surface area contributed by atoms with Gasteiger partial charge in [-0.25, -0.2) is 0 Å². The van der Waals surface area contributed by atoms with E-state index in [2.05, 4.69) is 52.5 Å². The van der Waals surface area contributed by atoms with E-state index >= 15 is 0 Å². The molecule has 5 heteroatoms. The summed E-state index contributed by atoms with van der Waals surface area (Å²) in [6, 6.07) is 16.4. The van der Waals surface area contributed by atoms with E-state index < -0.39 is 0 Å². The molecule has 1 saturated heterocycles. The Morgan fingerprint density at radius 1 is 1.07 bits per heavy atom. The zero-order valence-corrected chi connectivity index (χ0v) is 17.5. The third kappa shape index (κ3) is 4.91. The van der Waals surface area contributed by atoms with Crippen LogP contribution < -0.4 is 15.5 Å². The molecule has 4 rings (SSSR count). The number of carbonyl (C=O) groups excluding carboxylic acids is 1. The number of nitrogens with one attached hydrogen (secondary N) is 2. The molecule has 2 fully saturated rings. The monoisotopic (exact) mass is 392 g/mol. The van der Waals surface area contributed by atoms with E-state index in [1.165, 1.54) is 11.3 Å². The molecular formula is C24H32N4O. The van der Waals surface area contributed by atoms with E-state index in [0.717, 1.165) is 56.8 Å². The summed E-state index contributed by atoms with van der Waals surface area (Å²) in [6.45, 7) is 9.88. The lowest BCUT2D eigenvalue weighted by molar-refractivity contribution is -0.122. The molecule has 2 aliphatic rings. The van der Waals surface area contributed by atoms with Crippen molar-refractivity contribution in [2.75, 3.05) is 42.9 Å². The first-order chi connectivity index (χ1) is 14.1. The average Bonchev–Trinajstić information content (AvgIpc) is 3.57. The van der Waals surface area contributed by atoms with Crippen LogP contribution in [0.25, 0.3) is 0 Å². The number of likely N-dealkylation sites (N-methyl/N-ethyl adjacent to an activating group) is 1. The second-order valence-electron chi connectivity index (χ2n) is 8.19. The van der Waals surface area contributed by atoms with Crippen LogP contribution in [-0.2, 0) is 4.79 Å². The van der Waals surface area contributed by atoms with Gasteiger partial charge in [0.15, 0.2) is 0 Å². The van der Waals surface area contributed by atoms with Gasteiger partial charge in [-0.1, -0.05) is 37.3 Å². The molecule has 29 heavy (non-hydrogen) atoms. The first-order valence-corrected chi connectivity index (χ1v) is 10.8. The van der Waals surface area contributed by atoms with Crippen molar-refractivity contribution in [2.45, 2.75) is 38.8 Å². The molecule has 1 heterocycles. The Labute approximate surface area is 174 Å².